The maximum Gasteiger partial charge on any atom is 0.233 e. The smallest absolute Gasteiger partial charge is 0.233 e. The number of pyridine rings is 1. The van der Waals surface area contributed by atoms with Crippen LogP contribution in [0.2, 0.25) is 0 Å². The lowest BCUT2D eigenvalue weighted by Gasteiger charge is -2.26. The van der Waals surface area contributed by atoms with Crippen LogP contribution in [-0.2, 0) is 4.79 Å². The van der Waals surface area contributed by atoms with Gasteiger partial charge >= 0.3 is 0 Å². The van der Waals surface area contributed by atoms with E-state index in [-0.39, 0.29) is 5.91 Å². The lowest BCUT2D eigenvalue weighted by molar-refractivity contribution is -0.129. The Morgan fingerprint density at radius 1 is 1.20 bits per heavy atom. The van der Waals surface area contributed by atoms with Gasteiger partial charge in [0.25, 0.3) is 0 Å². The number of carbonyl (C=O) groups is 1. The van der Waals surface area contributed by atoms with Crippen LogP contribution in [0.4, 0.5) is 0 Å². The largest absolute Gasteiger partial charge is 0.341 e. The Balaban J connectivity index is 2.54. The molecule has 3 nitrogen and oxygen atoms in total. The Labute approximate surface area is 127 Å². The van der Waals surface area contributed by atoms with E-state index in [0.717, 1.165) is 23.7 Å². The maximum absolute atomic E-state index is 12.3. The zero-order valence-electron chi connectivity index (χ0n) is 13.2. The molecule has 1 aromatic rings. The molecule has 0 radical (unpaired) electrons. The molecular weight excluding hydrogens is 268 g/mol. The van der Waals surface area contributed by atoms with Crippen LogP contribution in [0.25, 0.3) is 0 Å². The molecule has 0 N–H and O–H groups in total. The number of amides is 1. The molecule has 0 saturated carbocycles. The fraction of sp³-hybridized carbons (Fsp3) is 0.625. The summed E-state index contributed by atoms with van der Waals surface area (Å²) in [5, 5.41) is 0.915. The summed E-state index contributed by atoms with van der Waals surface area (Å²) < 4.78 is 0. The summed E-state index contributed by atoms with van der Waals surface area (Å²) in [7, 11) is 0. The molecule has 0 atom stereocenters. The third-order valence-corrected chi connectivity index (χ3v) is 3.68. The average Bonchev–Trinajstić information content (AvgIpc) is 2.36. The van der Waals surface area contributed by atoms with Crippen LogP contribution < -0.4 is 0 Å². The van der Waals surface area contributed by atoms with Gasteiger partial charge in [0.05, 0.1) is 10.8 Å². The van der Waals surface area contributed by atoms with Crippen LogP contribution in [0.5, 0.6) is 0 Å². The fourth-order valence-electron chi connectivity index (χ4n) is 1.93. The molecule has 112 valence electrons. The third kappa shape index (κ3) is 6.42. The molecule has 0 bridgehead atoms. The molecule has 0 unspecified atom stereocenters. The Morgan fingerprint density at radius 2 is 1.80 bits per heavy atom. The van der Waals surface area contributed by atoms with Gasteiger partial charge in [-0.2, -0.15) is 0 Å². The number of hydrogen-bond donors (Lipinski definition) is 0. The molecule has 1 heterocycles. The highest BCUT2D eigenvalue weighted by atomic mass is 32.2. The Morgan fingerprint density at radius 3 is 2.25 bits per heavy atom. The standard InChI is InChI=1S/C16H26N2OS/c1-12(2)9-18(10-13(3)4)16(19)11-20-15-7-6-14(5)8-17-15/h6-8,12-13H,9-11H2,1-5H3. The molecule has 0 saturated heterocycles. The van der Waals surface area contributed by atoms with Gasteiger partial charge in [-0.15, -0.1) is 0 Å². The van der Waals surface area contributed by atoms with E-state index in [2.05, 4.69) is 32.7 Å². The molecule has 0 aliphatic carbocycles. The first-order valence-electron chi connectivity index (χ1n) is 7.21. The average molecular weight is 294 g/mol. The summed E-state index contributed by atoms with van der Waals surface area (Å²) in [6.45, 7) is 12.3. The predicted octanol–water partition coefficient (Wildman–Crippen LogP) is 3.62. The van der Waals surface area contributed by atoms with Crippen molar-refractivity contribution in [2.75, 3.05) is 18.8 Å². The van der Waals surface area contributed by atoms with E-state index in [9.17, 15) is 4.79 Å². The lowest BCUT2D eigenvalue weighted by atomic mass is 10.1. The van der Waals surface area contributed by atoms with Crippen LogP contribution in [0.3, 0.4) is 0 Å². The number of thioether (sulfide) groups is 1. The van der Waals surface area contributed by atoms with Gasteiger partial charge in [0.2, 0.25) is 5.91 Å². The van der Waals surface area contributed by atoms with Crippen LogP contribution in [0.1, 0.15) is 33.3 Å². The van der Waals surface area contributed by atoms with Gasteiger partial charge in [0, 0.05) is 19.3 Å². The normalized spacial score (nSPS) is 11.2. The summed E-state index contributed by atoms with van der Waals surface area (Å²) in [5.74, 6) is 1.68. The van der Waals surface area contributed by atoms with Crippen molar-refractivity contribution in [1.82, 2.24) is 9.88 Å². The van der Waals surface area contributed by atoms with E-state index < -0.39 is 0 Å². The van der Waals surface area contributed by atoms with Crippen molar-refractivity contribution in [3.63, 3.8) is 0 Å². The number of carbonyl (C=O) groups excluding carboxylic acids is 1. The first kappa shape index (κ1) is 17.0. The second kappa shape index (κ2) is 8.30. The first-order valence-corrected chi connectivity index (χ1v) is 8.20. The first-order chi connectivity index (χ1) is 9.38. The van der Waals surface area contributed by atoms with Gasteiger partial charge < -0.3 is 4.90 Å². The summed E-state index contributed by atoms with van der Waals surface area (Å²) in [4.78, 5) is 18.6. The predicted molar refractivity (Wildman–Crippen MR) is 86.0 cm³/mol. The zero-order valence-corrected chi connectivity index (χ0v) is 14.0. The van der Waals surface area contributed by atoms with Gasteiger partial charge in [0.15, 0.2) is 0 Å². The van der Waals surface area contributed by atoms with E-state index in [1.54, 1.807) is 0 Å². The van der Waals surface area contributed by atoms with Crippen LogP contribution >= 0.6 is 11.8 Å². The molecular formula is C16H26N2OS. The van der Waals surface area contributed by atoms with E-state index in [4.69, 9.17) is 0 Å². The highest BCUT2D eigenvalue weighted by Crippen LogP contribution is 2.16. The quantitative estimate of drug-likeness (QED) is 0.720. The van der Waals surface area contributed by atoms with Gasteiger partial charge in [-0.3, -0.25) is 4.79 Å². The minimum Gasteiger partial charge on any atom is -0.341 e. The molecule has 0 spiro atoms. The molecule has 0 aromatic carbocycles. The summed E-state index contributed by atoms with van der Waals surface area (Å²) >= 11 is 1.52. The van der Waals surface area contributed by atoms with Crippen molar-refractivity contribution in [3.8, 4) is 0 Å². The van der Waals surface area contributed by atoms with E-state index >= 15 is 0 Å². The Bertz CT molecular complexity index is 405. The van der Waals surface area contributed by atoms with E-state index in [0.29, 0.717) is 17.6 Å². The Kier molecular flexibility index (Phi) is 7.06. The lowest BCUT2D eigenvalue weighted by Crippen LogP contribution is -2.38. The van der Waals surface area contributed by atoms with Crippen molar-refractivity contribution >= 4 is 17.7 Å². The number of rotatable bonds is 7. The van der Waals surface area contributed by atoms with E-state index in [1.807, 2.05) is 30.2 Å². The van der Waals surface area contributed by atoms with Crippen LogP contribution in [0, 0.1) is 18.8 Å². The maximum atomic E-state index is 12.3. The van der Waals surface area contributed by atoms with Crippen molar-refractivity contribution in [2.45, 2.75) is 39.6 Å². The van der Waals surface area contributed by atoms with Crippen molar-refractivity contribution in [2.24, 2.45) is 11.8 Å². The molecule has 1 rings (SSSR count). The van der Waals surface area contributed by atoms with Crippen LogP contribution in [-0.4, -0.2) is 34.6 Å². The van der Waals surface area contributed by atoms with Crippen molar-refractivity contribution in [1.29, 1.82) is 0 Å². The summed E-state index contributed by atoms with van der Waals surface area (Å²) in [6.07, 6.45) is 1.84. The van der Waals surface area contributed by atoms with Gasteiger partial charge in [-0.25, -0.2) is 4.98 Å². The fourth-order valence-corrected chi connectivity index (χ4v) is 2.67. The number of aromatic nitrogens is 1. The number of aryl methyl sites for hydroxylation is 1. The molecule has 0 aliphatic rings. The zero-order chi connectivity index (χ0) is 15.1. The second-order valence-electron chi connectivity index (χ2n) is 6.05. The topological polar surface area (TPSA) is 33.2 Å². The SMILES string of the molecule is Cc1ccc(SCC(=O)N(CC(C)C)CC(C)C)nc1. The molecule has 20 heavy (non-hydrogen) atoms. The minimum absolute atomic E-state index is 0.208. The third-order valence-electron chi connectivity index (χ3n) is 2.75. The van der Waals surface area contributed by atoms with E-state index in [1.165, 1.54) is 11.8 Å². The molecule has 0 fully saturated rings. The summed E-state index contributed by atoms with van der Waals surface area (Å²) in [6, 6.07) is 4.00. The summed E-state index contributed by atoms with van der Waals surface area (Å²) in [5.41, 5.74) is 1.14. The van der Waals surface area contributed by atoms with Gasteiger partial charge in [-0.05, 0) is 30.4 Å². The highest BCUT2D eigenvalue weighted by Gasteiger charge is 2.16. The molecule has 0 aliphatic heterocycles. The Hall–Kier alpha value is -1.03. The van der Waals surface area contributed by atoms with Gasteiger partial charge in [0.1, 0.15) is 0 Å². The molecule has 1 amide bonds. The molecule has 1 aromatic heterocycles. The second-order valence-corrected chi connectivity index (χ2v) is 7.04. The molecule has 4 heteroatoms. The minimum atomic E-state index is 0.208. The number of nitrogens with zero attached hydrogens (tertiary/aromatic N) is 2. The van der Waals surface area contributed by atoms with Crippen molar-refractivity contribution in [3.05, 3.63) is 23.9 Å². The van der Waals surface area contributed by atoms with Gasteiger partial charge in [-0.1, -0.05) is 45.5 Å². The highest BCUT2D eigenvalue weighted by molar-refractivity contribution is 7.99. The van der Waals surface area contributed by atoms with Crippen molar-refractivity contribution < 1.29 is 4.79 Å². The monoisotopic (exact) mass is 294 g/mol. The number of hydrogen-bond acceptors (Lipinski definition) is 3. The van der Waals surface area contributed by atoms with Crippen LogP contribution in [0.15, 0.2) is 23.4 Å².